The molecular formula is C26H28N2O5S. The molecule has 1 aliphatic carbocycles. The molecule has 0 aromatic heterocycles. The van der Waals surface area contributed by atoms with E-state index in [1.54, 1.807) is 57.5 Å². The molecule has 1 fully saturated rings. The van der Waals surface area contributed by atoms with Crippen LogP contribution in [-0.2, 0) is 10.0 Å². The second-order valence-electron chi connectivity index (χ2n) is 8.38. The van der Waals surface area contributed by atoms with Crippen molar-refractivity contribution in [1.29, 1.82) is 0 Å². The summed E-state index contributed by atoms with van der Waals surface area (Å²) in [4.78, 5) is 13.2. The molecule has 0 bridgehead atoms. The first-order valence-corrected chi connectivity index (χ1v) is 12.5. The van der Waals surface area contributed by atoms with E-state index in [0.29, 0.717) is 28.5 Å². The Labute approximate surface area is 200 Å². The number of anilines is 1. The lowest BCUT2D eigenvalue weighted by Crippen LogP contribution is -2.30. The fraction of sp³-hybridized carbons (Fsp3) is 0.269. The molecule has 0 spiro atoms. The van der Waals surface area contributed by atoms with E-state index in [2.05, 4.69) is 10.0 Å². The molecule has 7 nitrogen and oxygen atoms in total. The summed E-state index contributed by atoms with van der Waals surface area (Å²) in [5.74, 6) is 1.43. The number of aryl methyl sites for hydroxylation is 1. The van der Waals surface area contributed by atoms with Crippen molar-refractivity contribution in [2.45, 2.75) is 30.7 Å². The van der Waals surface area contributed by atoms with Gasteiger partial charge >= 0.3 is 0 Å². The second-order valence-corrected chi connectivity index (χ2v) is 10.0. The number of rotatable bonds is 9. The smallest absolute Gasteiger partial charge is 0.262 e. The molecule has 1 aliphatic rings. The highest BCUT2D eigenvalue weighted by Crippen LogP contribution is 2.41. The topological polar surface area (TPSA) is 93.7 Å². The maximum absolute atomic E-state index is 13.1. The normalized spacial score (nSPS) is 14.2. The van der Waals surface area contributed by atoms with Crippen molar-refractivity contribution in [2.75, 3.05) is 18.9 Å². The Hall–Kier alpha value is -3.52. The highest BCUT2D eigenvalue weighted by molar-refractivity contribution is 7.92. The lowest BCUT2D eigenvalue weighted by atomic mass is 10.0. The molecule has 1 amide bonds. The van der Waals surface area contributed by atoms with E-state index in [4.69, 9.17) is 9.47 Å². The molecule has 4 rings (SSSR count). The highest BCUT2D eigenvalue weighted by Gasteiger charge is 2.34. The Morgan fingerprint density at radius 2 is 1.50 bits per heavy atom. The van der Waals surface area contributed by atoms with Gasteiger partial charge in [-0.3, -0.25) is 9.52 Å². The number of hydrogen-bond donors (Lipinski definition) is 2. The number of sulfonamides is 1. The third kappa shape index (κ3) is 5.34. The summed E-state index contributed by atoms with van der Waals surface area (Å²) in [5.41, 5.74) is 2.24. The Kier molecular flexibility index (Phi) is 6.79. The maximum atomic E-state index is 13.1. The van der Waals surface area contributed by atoms with E-state index in [0.717, 1.165) is 24.2 Å². The van der Waals surface area contributed by atoms with Gasteiger partial charge in [0.1, 0.15) is 11.5 Å². The van der Waals surface area contributed by atoms with Gasteiger partial charge in [0.2, 0.25) is 0 Å². The van der Waals surface area contributed by atoms with Crippen molar-refractivity contribution in [1.82, 2.24) is 5.32 Å². The van der Waals surface area contributed by atoms with Crippen LogP contribution in [0.25, 0.3) is 0 Å². The largest absolute Gasteiger partial charge is 0.497 e. The molecule has 0 aliphatic heterocycles. The van der Waals surface area contributed by atoms with Gasteiger partial charge in [0, 0.05) is 11.3 Å². The first kappa shape index (κ1) is 23.6. The van der Waals surface area contributed by atoms with Gasteiger partial charge in [-0.25, -0.2) is 8.42 Å². The van der Waals surface area contributed by atoms with E-state index < -0.39 is 10.0 Å². The highest BCUT2D eigenvalue weighted by atomic mass is 32.2. The fourth-order valence-electron chi connectivity index (χ4n) is 3.84. The minimum atomic E-state index is -3.90. The van der Waals surface area contributed by atoms with Crippen LogP contribution in [0.1, 0.15) is 40.4 Å². The van der Waals surface area contributed by atoms with Crippen molar-refractivity contribution in [3.63, 3.8) is 0 Å². The second kappa shape index (κ2) is 9.77. The molecule has 0 radical (unpaired) electrons. The first-order valence-electron chi connectivity index (χ1n) is 11.0. The zero-order chi connectivity index (χ0) is 24.3. The van der Waals surface area contributed by atoms with Crippen molar-refractivity contribution in [2.24, 2.45) is 5.92 Å². The zero-order valence-electron chi connectivity index (χ0n) is 19.4. The molecule has 178 valence electrons. The van der Waals surface area contributed by atoms with E-state index in [-0.39, 0.29) is 16.8 Å². The molecular weight excluding hydrogens is 452 g/mol. The number of carbonyl (C=O) groups is 1. The molecule has 0 saturated heterocycles. The molecule has 3 aromatic rings. The molecule has 0 heterocycles. The number of amides is 1. The van der Waals surface area contributed by atoms with Gasteiger partial charge in [0.15, 0.2) is 0 Å². The number of benzene rings is 3. The molecule has 8 heteroatoms. The average Bonchev–Trinajstić information content (AvgIpc) is 3.68. The van der Waals surface area contributed by atoms with Gasteiger partial charge in [-0.1, -0.05) is 18.2 Å². The van der Waals surface area contributed by atoms with Crippen LogP contribution in [0.15, 0.2) is 71.6 Å². The SMILES string of the molecule is COc1ccc(NS(=O)(=O)c2cc(C(=O)NC(c3ccc(OC)cc3)C3CC3)ccc2C)cc1. The number of carbonyl (C=O) groups excluding carboxylic acids is 1. The van der Waals surface area contributed by atoms with Crippen molar-refractivity contribution < 1.29 is 22.7 Å². The summed E-state index contributed by atoms with van der Waals surface area (Å²) in [7, 11) is -0.741. The lowest BCUT2D eigenvalue weighted by Gasteiger charge is -2.20. The van der Waals surface area contributed by atoms with Crippen LogP contribution >= 0.6 is 0 Å². The Balaban J connectivity index is 1.55. The molecule has 1 unspecified atom stereocenters. The third-order valence-electron chi connectivity index (χ3n) is 5.94. The summed E-state index contributed by atoms with van der Waals surface area (Å²) in [6, 6.07) is 18.8. The van der Waals surface area contributed by atoms with E-state index in [1.165, 1.54) is 6.07 Å². The molecule has 2 N–H and O–H groups in total. The summed E-state index contributed by atoms with van der Waals surface area (Å²) < 4.78 is 39.1. The van der Waals surface area contributed by atoms with Crippen LogP contribution in [0, 0.1) is 12.8 Å². The van der Waals surface area contributed by atoms with Crippen LogP contribution in [-0.4, -0.2) is 28.5 Å². The van der Waals surface area contributed by atoms with E-state index in [1.807, 2.05) is 24.3 Å². The summed E-state index contributed by atoms with van der Waals surface area (Å²) in [5, 5.41) is 3.10. The van der Waals surface area contributed by atoms with E-state index in [9.17, 15) is 13.2 Å². The van der Waals surface area contributed by atoms with Crippen LogP contribution in [0.5, 0.6) is 11.5 Å². The third-order valence-corrected chi connectivity index (χ3v) is 7.46. The fourth-order valence-corrected chi connectivity index (χ4v) is 5.17. The monoisotopic (exact) mass is 480 g/mol. The lowest BCUT2D eigenvalue weighted by molar-refractivity contribution is 0.0931. The molecule has 1 saturated carbocycles. The Morgan fingerprint density at radius 1 is 0.912 bits per heavy atom. The van der Waals surface area contributed by atoms with Crippen LogP contribution in [0.2, 0.25) is 0 Å². The Bertz CT molecular complexity index is 1270. The van der Waals surface area contributed by atoms with Gasteiger partial charge in [0.25, 0.3) is 15.9 Å². The first-order chi connectivity index (χ1) is 16.3. The number of ether oxygens (including phenoxy) is 2. The molecule has 34 heavy (non-hydrogen) atoms. The van der Waals surface area contributed by atoms with Crippen LogP contribution < -0.4 is 19.5 Å². The predicted molar refractivity (Wildman–Crippen MR) is 131 cm³/mol. The van der Waals surface area contributed by atoms with Gasteiger partial charge in [0.05, 0.1) is 25.2 Å². The summed E-state index contributed by atoms with van der Waals surface area (Å²) in [6.07, 6.45) is 2.08. The van der Waals surface area contributed by atoms with Crippen molar-refractivity contribution >= 4 is 21.6 Å². The van der Waals surface area contributed by atoms with Gasteiger partial charge in [-0.05, 0) is 85.3 Å². The van der Waals surface area contributed by atoms with Gasteiger partial charge < -0.3 is 14.8 Å². The van der Waals surface area contributed by atoms with Crippen LogP contribution in [0.4, 0.5) is 5.69 Å². The Morgan fingerprint density at radius 3 is 2.06 bits per heavy atom. The average molecular weight is 481 g/mol. The van der Waals surface area contributed by atoms with Gasteiger partial charge in [-0.2, -0.15) is 0 Å². The molecule has 1 atom stereocenters. The van der Waals surface area contributed by atoms with E-state index >= 15 is 0 Å². The minimum absolute atomic E-state index is 0.0587. The minimum Gasteiger partial charge on any atom is -0.497 e. The number of methoxy groups -OCH3 is 2. The summed E-state index contributed by atoms with van der Waals surface area (Å²) in [6.45, 7) is 1.70. The predicted octanol–water partition coefficient (Wildman–Crippen LogP) is 4.69. The standard InChI is InChI=1S/C26H28N2O5S/c1-17-4-5-20(16-24(17)34(30,31)28-21-10-14-23(33-3)15-11-21)26(29)27-25(18-6-7-18)19-8-12-22(32-2)13-9-19/h4-5,8-16,18,25,28H,6-7H2,1-3H3,(H,27,29). The number of nitrogens with one attached hydrogen (secondary N) is 2. The van der Waals surface area contributed by atoms with Crippen molar-refractivity contribution in [3.8, 4) is 11.5 Å². The maximum Gasteiger partial charge on any atom is 0.262 e. The van der Waals surface area contributed by atoms with Gasteiger partial charge in [-0.15, -0.1) is 0 Å². The van der Waals surface area contributed by atoms with Crippen LogP contribution in [0.3, 0.4) is 0 Å². The quantitative estimate of drug-likeness (QED) is 0.463. The van der Waals surface area contributed by atoms with Crippen molar-refractivity contribution in [3.05, 3.63) is 83.4 Å². The zero-order valence-corrected chi connectivity index (χ0v) is 20.2. The summed E-state index contributed by atoms with van der Waals surface area (Å²) >= 11 is 0. The molecule has 3 aromatic carbocycles. The number of hydrogen-bond acceptors (Lipinski definition) is 5.